The third-order valence-electron chi connectivity index (χ3n) is 8.96. The van der Waals surface area contributed by atoms with E-state index in [1.54, 1.807) is 30.3 Å². The van der Waals surface area contributed by atoms with Crippen molar-refractivity contribution in [3.63, 3.8) is 0 Å². The number of fused-ring (bicyclic) bond motifs is 2. The first-order valence-corrected chi connectivity index (χ1v) is 16.2. The second kappa shape index (κ2) is 13.3. The molecule has 47 heavy (non-hydrogen) atoms. The lowest BCUT2D eigenvalue weighted by molar-refractivity contribution is -0.118. The van der Waals surface area contributed by atoms with Gasteiger partial charge in [-0.15, -0.1) is 0 Å². The lowest BCUT2D eigenvalue weighted by Gasteiger charge is -2.30. The van der Waals surface area contributed by atoms with Crippen LogP contribution >= 0.6 is 0 Å². The lowest BCUT2D eigenvalue weighted by Crippen LogP contribution is -2.33. The van der Waals surface area contributed by atoms with Crippen LogP contribution in [0.5, 0.6) is 5.75 Å². The van der Waals surface area contributed by atoms with Crippen LogP contribution in [0.15, 0.2) is 79.0 Å². The van der Waals surface area contributed by atoms with Gasteiger partial charge in [0, 0.05) is 48.7 Å². The molecule has 3 aliphatic rings. The van der Waals surface area contributed by atoms with Gasteiger partial charge in [-0.3, -0.25) is 14.4 Å². The third-order valence-corrected chi connectivity index (χ3v) is 8.96. The smallest absolute Gasteiger partial charge is 0.262 e. The molecule has 4 N–H and O–H groups in total. The van der Waals surface area contributed by atoms with Crippen LogP contribution in [-0.4, -0.2) is 53.3 Å². The number of carbonyl (C=O) groups is 3. The molecule has 0 saturated heterocycles. The first-order chi connectivity index (χ1) is 22.9. The molecule has 7 rings (SSSR count). The molecule has 0 radical (unpaired) electrons. The van der Waals surface area contributed by atoms with Gasteiger partial charge in [0.1, 0.15) is 11.6 Å². The number of carbonyl (C=O) groups excluding carboxylic acids is 3. The van der Waals surface area contributed by atoms with Gasteiger partial charge < -0.3 is 30.9 Å². The molecule has 1 aliphatic carbocycles. The molecule has 0 unspecified atom stereocenters. The van der Waals surface area contributed by atoms with Crippen molar-refractivity contribution < 1.29 is 19.1 Å². The number of aromatic nitrogens is 1. The van der Waals surface area contributed by atoms with Crippen LogP contribution in [-0.2, 0) is 30.7 Å². The number of rotatable bonds is 10. The fourth-order valence-electron chi connectivity index (χ4n) is 6.21. The summed E-state index contributed by atoms with van der Waals surface area (Å²) < 4.78 is 5.51. The van der Waals surface area contributed by atoms with Crippen LogP contribution in [0, 0.1) is 0 Å². The van der Waals surface area contributed by atoms with Crippen molar-refractivity contribution >= 4 is 34.9 Å². The zero-order chi connectivity index (χ0) is 32.3. The lowest BCUT2D eigenvalue weighted by atomic mass is 9.98. The number of nitrogens with two attached hydrogens (primary N) is 1. The van der Waals surface area contributed by atoms with Gasteiger partial charge in [0.2, 0.25) is 0 Å². The van der Waals surface area contributed by atoms with E-state index in [2.05, 4.69) is 44.8 Å². The number of ether oxygens (including phenoxy) is 1. The predicted molar refractivity (Wildman–Crippen MR) is 181 cm³/mol. The van der Waals surface area contributed by atoms with Crippen LogP contribution < -0.4 is 26.0 Å². The number of amides is 3. The van der Waals surface area contributed by atoms with Crippen LogP contribution in [0.2, 0.25) is 0 Å². The van der Waals surface area contributed by atoms with E-state index >= 15 is 0 Å². The maximum absolute atomic E-state index is 13.5. The van der Waals surface area contributed by atoms with Gasteiger partial charge >= 0.3 is 0 Å². The summed E-state index contributed by atoms with van der Waals surface area (Å²) >= 11 is 0. The predicted octanol–water partition coefficient (Wildman–Crippen LogP) is 4.92. The minimum absolute atomic E-state index is 0.0635. The van der Waals surface area contributed by atoms with E-state index in [1.165, 1.54) is 16.7 Å². The van der Waals surface area contributed by atoms with Crippen molar-refractivity contribution in [3.8, 4) is 5.75 Å². The Balaban J connectivity index is 0.970. The van der Waals surface area contributed by atoms with Gasteiger partial charge in [-0.1, -0.05) is 18.2 Å². The van der Waals surface area contributed by atoms with Gasteiger partial charge in [-0.25, -0.2) is 4.98 Å². The SMILES string of the molecule is NCCCc1ccnc(N2CCc3cc(NC(=O)c4ccc(CN(C(=O)c5ccc6c(c5)OCC(=O)N6)C5CC5)cc4)ccc3C2)c1. The normalized spacial score (nSPS) is 15.2. The van der Waals surface area contributed by atoms with Gasteiger partial charge in [0.15, 0.2) is 6.61 Å². The van der Waals surface area contributed by atoms with Gasteiger partial charge in [-0.2, -0.15) is 0 Å². The number of hydrogen-bond donors (Lipinski definition) is 3. The molecule has 0 atom stereocenters. The summed E-state index contributed by atoms with van der Waals surface area (Å²) in [6, 6.07) is 23.1. The molecule has 1 saturated carbocycles. The summed E-state index contributed by atoms with van der Waals surface area (Å²) in [6.07, 6.45) is 6.58. The van der Waals surface area contributed by atoms with E-state index in [4.69, 9.17) is 10.5 Å². The third kappa shape index (κ3) is 6.97. The Morgan fingerprint density at radius 1 is 0.979 bits per heavy atom. The largest absolute Gasteiger partial charge is 0.482 e. The maximum Gasteiger partial charge on any atom is 0.262 e. The fourth-order valence-corrected chi connectivity index (χ4v) is 6.21. The summed E-state index contributed by atoms with van der Waals surface area (Å²) in [4.78, 5) is 47.1. The highest BCUT2D eigenvalue weighted by molar-refractivity contribution is 6.04. The van der Waals surface area contributed by atoms with Crippen LogP contribution in [0.4, 0.5) is 17.2 Å². The van der Waals surface area contributed by atoms with Crippen LogP contribution in [0.25, 0.3) is 0 Å². The molecule has 4 aromatic rings. The molecule has 3 heterocycles. The zero-order valence-corrected chi connectivity index (χ0v) is 26.2. The minimum Gasteiger partial charge on any atom is -0.482 e. The van der Waals surface area contributed by atoms with Crippen molar-refractivity contribution in [1.82, 2.24) is 9.88 Å². The molecule has 1 aromatic heterocycles. The van der Waals surface area contributed by atoms with E-state index in [-0.39, 0.29) is 30.4 Å². The highest BCUT2D eigenvalue weighted by Crippen LogP contribution is 2.33. The van der Waals surface area contributed by atoms with Gasteiger partial charge in [-0.05, 0) is 115 Å². The number of pyridine rings is 1. The second-order valence-corrected chi connectivity index (χ2v) is 12.4. The van der Waals surface area contributed by atoms with E-state index < -0.39 is 0 Å². The Kier molecular flexibility index (Phi) is 8.58. The van der Waals surface area contributed by atoms with Crippen LogP contribution in [0.3, 0.4) is 0 Å². The topological polar surface area (TPSA) is 130 Å². The number of hydrogen-bond acceptors (Lipinski definition) is 7. The van der Waals surface area contributed by atoms with Crippen molar-refractivity contribution in [2.75, 3.05) is 35.2 Å². The van der Waals surface area contributed by atoms with E-state index in [0.29, 0.717) is 35.7 Å². The van der Waals surface area contributed by atoms with Gasteiger partial charge in [0.05, 0.1) is 5.69 Å². The van der Waals surface area contributed by atoms with E-state index in [0.717, 1.165) is 62.3 Å². The van der Waals surface area contributed by atoms with Crippen molar-refractivity contribution in [1.29, 1.82) is 0 Å². The molecular weight excluding hydrogens is 592 g/mol. The standard InChI is InChI=1S/C37H38N6O4/c38-15-1-2-24-13-16-39-34(18-24)42-17-14-27-19-30(9-7-29(27)22-42)40-36(45)26-5-3-25(4-6-26)21-43(31-10-11-31)37(46)28-8-12-32-33(20-28)47-23-35(44)41-32/h3-9,12-13,16,18-20,31H,1-2,10-11,14-15,17,21-23,38H2,(H,40,45)(H,41,44). The Bertz CT molecular complexity index is 1820. The Morgan fingerprint density at radius 3 is 2.62 bits per heavy atom. The summed E-state index contributed by atoms with van der Waals surface area (Å²) in [5.74, 6) is 1.02. The molecule has 3 amide bonds. The Labute approximate surface area is 273 Å². The average Bonchev–Trinajstić information content (AvgIpc) is 3.95. The quantitative estimate of drug-likeness (QED) is 0.227. The zero-order valence-electron chi connectivity index (χ0n) is 26.2. The number of nitrogens with zero attached hydrogens (tertiary/aromatic N) is 3. The molecule has 0 bridgehead atoms. The Hall–Kier alpha value is -5.22. The molecule has 10 heteroatoms. The minimum atomic E-state index is -0.210. The van der Waals surface area contributed by atoms with E-state index in [1.807, 2.05) is 29.3 Å². The molecule has 3 aromatic carbocycles. The van der Waals surface area contributed by atoms with Crippen molar-refractivity contribution in [2.45, 2.75) is 51.2 Å². The monoisotopic (exact) mass is 630 g/mol. The average molecular weight is 631 g/mol. The molecule has 240 valence electrons. The van der Waals surface area contributed by atoms with Crippen molar-refractivity contribution in [2.24, 2.45) is 5.73 Å². The molecular formula is C37H38N6O4. The molecule has 10 nitrogen and oxygen atoms in total. The number of anilines is 3. The summed E-state index contributed by atoms with van der Waals surface area (Å²) in [6.45, 7) is 2.69. The fraction of sp³-hybridized carbons (Fsp3) is 0.297. The molecule has 0 spiro atoms. The molecule has 2 aliphatic heterocycles. The first kappa shape index (κ1) is 30.4. The Morgan fingerprint density at radius 2 is 1.81 bits per heavy atom. The number of nitrogens with one attached hydrogen (secondary N) is 2. The van der Waals surface area contributed by atoms with Gasteiger partial charge in [0.25, 0.3) is 17.7 Å². The number of benzene rings is 3. The highest BCUT2D eigenvalue weighted by Gasteiger charge is 2.33. The summed E-state index contributed by atoms with van der Waals surface area (Å²) in [5.41, 5.74) is 12.8. The second-order valence-electron chi connectivity index (χ2n) is 12.4. The maximum atomic E-state index is 13.5. The summed E-state index contributed by atoms with van der Waals surface area (Å²) in [7, 11) is 0. The van der Waals surface area contributed by atoms with Crippen molar-refractivity contribution in [3.05, 3.63) is 112 Å². The van der Waals surface area contributed by atoms with Crippen LogP contribution in [0.1, 0.15) is 62.2 Å². The summed E-state index contributed by atoms with van der Waals surface area (Å²) in [5, 5.41) is 5.81. The first-order valence-electron chi connectivity index (χ1n) is 16.2. The highest BCUT2D eigenvalue weighted by atomic mass is 16.5. The number of aryl methyl sites for hydroxylation is 1. The molecule has 1 fully saturated rings. The van der Waals surface area contributed by atoms with E-state index in [9.17, 15) is 14.4 Å².